The second-order valence-corrected chi connectivity index (χ2v) is 15.4. The Morgan fingerprint density at radius 2 is 0.963 bits per heavy atom. The summed E-state index contributed by atoms with van der Waals surface area (Å²) >= 11 is 5.36. The Morgan fingerprint density at radius 3 is 1.41 bits per heavy atom. The topological polar surface area (TPSA) is 77.1 Å². The number of thiocarbonyl (C=S) groups is 1. The van der Waals surface area contributed by atoms with Crippen molar-refractivity contribution in [1.29, 1.82) is 0 Å². The van der Waals surface area contributed by atoms with E-state index in [4.69, 9.17) is 26.4 Å². The fourth-order valence-electron chi connectivity index (χ4n) is 6.37. The Labute approximate surface area is 339 Å². The van der Waals surface area contributed by atoms with Gasteiger partial charge in [0.2, 0.25) is 0 Å². The molecule has 0 aliphatic rings. The molecule has 7 nitrogen and oxygen atoms in total. The van der Waals surface area contributed by atoms with Crippen molar-refractivity contribution in [3.63, 3.8) is 0 Å². The summed E-state index contributed by atoms with van der Waals surface area (Å²) in [5.74, 6) is -0.509. The average molecular weight is 779 g/mol. The molecule has 0 aromatic rings. The van der Waals surface area contributed by atoms with E-state index in [0.717, 1.165) is 71.0 Å². The molecule has 316 valence electrons. The standard InChI is InChI=1S/C46H86N2O5S/c1-5-9-11-13-15-17-19-21-23-25-27-29-31-33-35-37-44(49)52-42-43(41-47-46(54)51-40-39-48(7-3)8-4)53-45(50)38-36-34-32-30-28-26-24-22-20-18-16-14-12-10-6-2/h21-24,43H,5-20,25-42H2,1-4H3,(H,47,54)/b23-21-,24-22-. The van der Waals surface area contributed by atoms with Crippen molar-refractivity contribution in [2.75, 3.05) is 39.4 Å². The summed E-state index contributed by atoms with van der Waals surface area (Å²) in [6.45, 7) is 12.2. The maximum absolute atomic E-state index is 12.7. The second kappa shape index (κ2) is 42.2. The third-order valence-corrected chi connectivity index (χ3v) is 10.3. The minimum absolute atomic E-state index is 0.0110. The summed E-state index contributed by atoms with van der Waals surface area (Å²) in [5, 5.41) is 3.32. The first-order valence-electron chi connectivity index (χ1n) is 22.7. The molecule has 0 aliphatic carbocycles. The number of hydrogen-bond acceptors (Lipinski definition) is 7. The van der Waals surface area contributed by atoms with Crippen molar-refractivity contribution >= 4 is 29.3 Å². The van der Waals surface area contributed by atoms with Crippen LogP contribution in [0.25, 0.3) is 0 Å². The van der Waals surface area contributed by atoms with Crippen molar-refractivity contribution < 1.29 is 23.8 Å². The molecule has 8 heteroatoms. The third kappa shape index (κ3) is 38.3. The number of likely N-dealkylation sites (N-methyl/N-ethyl adjacent to an activating group) is 1. The van der Waals surface area contributed by atoms with E-state index in [1.807, 2.05) is 0 Å². The predicted molar refractivity (Wildman–Crippen MR) is 234 cm³/mol. The van der Waals surface area contributed by atoms with Gasteiger partial charge in [0.15, 0.2) is 6.10 Å². The van der Waals surface area contributed by atoms with E-state index >= 15 is 0 Å². The molecule has 1 atom stereocenters. The fraction of sp³-hybridized carbons (Fsp3) is 0.848. The predicted octanol–water partition coefficient (Wildman–Crippen LogP) is 12.7. The van der Waals surface area contributed by atoms with Crippen LogP contribution in [-0.4, -0.2) is 67.5 Å². The van der Waals surface area contributed by atoms with Crippen LogP contribution in [0.2, 0.25) is 0 Å². The molecule has 0 fully saturated rings. The molecule has 0 heterocycles. The van der Waals surface area contributed by atoms with Gasteiger partial charge >= 0.3 is 11.9 Å². The van der Waals surface area contributed by atoms with Crippen LogP contribution in [0.15, 0.2) is 24.3 Å². The molecule has 54 heavy (non-hydrogen) atoms. The monoisotopic (exact) mass is 779 g/mol. The molecule has 1 unspecified atom stereocenters. The van der Waals surface area contributed by atoms with Crippen LogP contribution < -0.4 is 5.32 Å². The van der Waals surface area contributed by atoms with E-state index in [1.165, 1.54) is 116 Å². The zero-order valence-electron chi connectivity index (χ0n) is 35.8. The van der Waals surface area contributed by atoms with Gasteiger partial charge in [-0.3, -0.25) is 9.59 Å². The molecule has 0 rings (SSSR count). The summed E-state index contributed by atoms with van der Waals surface area (Å²) in [7, 11) is 0. The van der Waals surface area contributed by atoms with Gasteiger partial charge in [0.05, 0.1) is 6.54 Å². The van der Waals surface area contributed by atoms with Crippen molar-refractivity contribution in [3.8, 4) is 0 Å². The fourth-order valence-corrected chi connectivity index (χ4v) is 6.54. The van der Waals surface area contributed by atoms with Gasteiger partial charge in [-0.05, 0) is 89.5 Å². The van der Waals surface area contributed by atoms with Crippen LogP contribution in [0.4, 0.5) is 0 Å². The van der Waals surface area contributed by atoms with Gasteiger partial charge in [-0.2, -0.15) is 0 Å². The largest absolute Gasteiger partial charge is 0.470 e. The Balaban J connectivity index is 4.31. The highest BCUT2D eigenvalue weighted by Gasteiger charge is 2.18. The molecule has 0 saturated heterocycles. The number of carbonyl (C=O) groups is 2. The highest BCUT2D eigenvalue weighted by Crippen LogP contribution is 2.13. The number of allylic oxidation sites excluding steroid dienone is 4. The maximum Gasteiger partial charge on any atom is 0.306 e. The molecule has 0 radical (unpaired) electrons. The van der Waals surface area contributed by atoms with Gasteiger partial charge in [-0.1, -0.05) is 155 Å². The Morgan fingerprint density at radius 1 is 0.556 bits per heavy atom. The van der Waals surface area contributed by atoms with Gasteiger partial charge in [0, 0.05) is 19.4 Å². The van der Waals surface area contributed by atoms with Crippen LogP contribution in [0.3, 0.4) is 0 Å². The highest BCUT2D eigenvalue weighted by atomic mass is 32.1. The Hall–Kier alpha value is -1.93. The van der Waals surface area contributed by atoms with E-state index < -0.39 is 6.10 Å². The van der Waals surface area contributed by atoms with E-state index in [-0.39, 0.29) is 30.3 Å². The number of carbonyl (C=O) groups excluding carboxylic acids is 2. The summed E-state index contributed by atoms with van der Waals surface area (Å²) < 4.78 is 17.0. The van der Waals surface area contributed by atoms with Crippen molar-refractivity contribution in [2.45, 2.75) is 214 Å². The minimum atomic E-state index is -0.622. The lowest BCUT2D eigenvalue weighted by Gasteiger charge is -2.21. The Kier molecular flexibility index (Phi) is 40.7. The first-order valence-corrected chi connectivity index (χ1v) is 23.1. The SMILES string of the molecule is CCCCCCCC/C=C\CCCCCCCC(=O)OCC(CNC(=S)OCCN(CC)CC)OC(=O)CCCCCCC/C=C\CCCCCCCC. The van der Waals surface area contributed by atoms with Gasteiger partial charge in [-0.15, -0.1) is 0 Å². The first kappa shape index (κ1) is 52.1. The maximum atomic E-state index is 12.7. The van der Waals surface area contributed by atoms with Crippen LogP contribution in [0.5, 0.6) is 0 Å². The number of unbranched alkanes of at least 4 members (excludes halogenated alkanes) is 22. The van der Waals surface area contributed by atoms with Crippen molar-refractivity contribution in [1.82, 2.24) is 10.2 Å². The molecule has 0 saturated carbocycles. The van der Waals surface area contributed by atoms with Crippen molar-refractivity contribution in [3.05, 3.63) is 24.3 Å². The highest BCUT2D eigenvalue weighted by molar-refractivity contribution is 7.80. The molecule has 0 spiro atoms. The van der Waals surface area contributed by atoms with Gasteiger partial charge in [0.1, 0.15) is 13.2 Å². The second-order valence-electron chi connectivity index (χ2n) is 15.0. The number of rotatable bonds is 40. The summed E-state index contributed by atoms with van der Waals surface area (Å²) in [6, 6.07) is 0. The average Bonchev–Trinajstić information content (AvgIpc) is 3.17. The lowest BCUT2D eigenvalue weighted by molar-refractivity contribution is -0.158. The van der Waals surface area contributed by atoms with E-state index in [9.17, 15) is 9.59 Å². The van der Waals surface area contributed by atoms with Crippen LogP contribution in [0, 0.1) is 0 Å². The number of ether oxygens (including phenoxy) is 3. The number of nitrogens with one attached hydrogen (secondary N) is 1. The third-order valence-electron chi connectivity index (χ3n) is 10.0. The van der Waals surface area contributed by atoms with E-state index in [0.29, 0.717) is 19.4 Å². The molecule has 0 aliphatic heterocycles. The molecular formula is C46H86N2O5S. The van der Waals surface area contributed by atoms with Crippen LogP contribution in [-0.2, 0) is 23.8 Å². The van der Waals surface area contributed by atoms with Gasteiger partial charge < -0.3 is 24.4 Å². The number of hydrogen-bond donors (Lipinski definition) is 1. The van der Waals surface area contributed by atoms with Gasteiger partial charge in [-0.25, -0.2) is 0 Å². The minimum Gasteiger partial charge on any atom is -0.470 e. The van der Waals surface area contributed by atoms with Crippen LogP contribution in [0.1, 0.15) is 207 Å². The normalized spacial score (nSPS) is 12.2. The summed E-state index contributed by atoms with van der Waals surface area (Å²) in [6.07, 6.45) is 41.1. The molecule has 1 N–H and O–H groups in total. The number of nitrogens with zero attached hydrogens (tertiary/aromatic N) is 1. The van der Waals surface area contributed by atoms with E-state index in [2.05, 4.69) is 62.2 Å². The van der Waals surface area contributed by atoms with Crippen LogP contribution >= 0.6 is 12.2 Å². The molecule has 0 aromatic heterocycles. The smallest absolute Gasteiger partial charge is 0.306 e. The Bertz CT molecular complexity index is 908. The molecule has 0 bridgehead atoms. The van der Waals surface area contributed by atoms with E-state index in [1.54, 1.807) is 0 Å². The lowest BCUT2D eigenvalue weighted by Crippen LogP contribution is -2.39. The molecule has 0 amide bonds. The first-order chi connectivity index (χ1) is 26.5. The molecule has 0 aromatic carbocycles. The summed E-state index contributed by atoms with van der Waals surface area (Å²) in [4.78, 5) is 27.6. The quantitative estimate of drug-likeness (QED) is 0.0285. The lowest BCUT2D eigenvalue weighted by atomic mass is 10.1. The zero-order valence-corrected chi connectivity index (χ0v) is 36.6. The zero-order chi connectivity index (χ0) is 39.6. The van der Waals surface area contributed by atoms with Gasteiger partial charge in [0.25, 0.3) is 5.17 Å². The molecular weight excluding hydrogens is 693 g/mol. The summed E-state index contributed by atoms with van der Waals surface area (Å²) in [5.41, 5.74) is 0. The van der Waals surface area contributed by atoms with Crippen molar-refractivity contribution in [2.24, 2.45) is 0 Å². The number of esters is 2.